The molecule has 0 saturated carbocycles. The fourth-order valence-electron chi connectivity index (χ4n) is 3.33. The standard InChI is InChI=1S/C21H23N7O2/c1-4-16-14(3)25-19-11-17(18-10-13(2)30-27-18)26-28(19)20(16)23-8-9-24-21(29)15-6-5-7-22-12-15/h5-7,10-12,23H,4,8-9H2,1-3H3,(H,24,29). The van der Waals surface area contributed by atoms with E-state index in [1.54, 1.807) is 29.0 Å². The maximum Gasteiger partial charge on any atom is 0.252 e. The van der Waals surface area contributed by atoms with E-state index in [1.807, 2.05) is 26.0 Å². The van der Waals surface area contributed by atoms with Crippen LogP contribution in [0.4, 0.5) is 5.82 Å². The van der Waals surface area contributed by atoms with Gasteiger partial charge in [-0.1, -0.05) is 12.1 Å². The molecule has 0 saturated heterocycles. The maximum absolute atomic E-state index is 12.2. The minimum absolute atomic E-state index is 0.153. The zero-order valence-corrected chi connectivity index (χ0v) is 17.1. The van der Waals surface area contributed by atoms with Crippen LogP contribution in [0, 0.1) is 13.8 Å². The van der Waals surface area contributed by atoms with Crippen molar-refractivity contribution in [2.24, 2.45) is 0 Å². The minimum Gasteiger partial charge on any atom is -0.368 e. The summed E-state index contributed by atoms with van der Waals surface area (Å²) in [5.41, 5.74) is 4.64. The van der Waals surface area contributed by atoms with Gasteiger partial charge in [0.15, 0.2) is 5.65 Å². The van der Waals surface area contributed by atoms with E-state index in [0.29, 0.717) is 30.0 Å². The number of aryl methyl sites for hydroxylation is 2. The third-order valence-corrected chi connectivity index (χ3v) is 4.78. The molecular formula is C21H23N7O2. The van der Waals surface area contributed by atoms with Gasteiger partial charge in [0.1, 0.15) is 23.0 Å². The van der Waals surface area contributed by atoms with Crippen LogP contribution >= 0.6 is 0 Å². The molecule has 0 aliphatic carbocycles. The first-order valence-corrected chi connectivity index (χ1v) is 9.82. The third kappa shape index (κ3) is 3.86. The van der Waals surface area contributed by atoms with Crippen LogP contribution in [0.1, 0.15) is 34.3 Å². The number of aromatic nitrogens is 5. The number of hydrogen-bond acceptors (Lipinski definition) is 7. The summed E-state index contributed by atoms with van der Waals surface area (Å²) in [6.45, 7) is 6.90. The van der Waals surface area contributed by atoms with Crippen LogP contribution in [-0.2, 0) is 6.42 Å². The summed E-state index contributed by atoms with van der Waals surface area (Å²) in [5.74, 6) is 1.43. The number of nitrogens with zero attached hydrogens (tertiary/aromatic N) is 5. The molecule has 0 atom stereocenters. The Morgan fingerprint density at radius 3 is 2.77 bits per heavy atom. The summed E-state index contributed by atoms with van der Waals surface area (Å²) >= 11 is 0. The summed E-state index contributed by atoms with van der Waals surface area (Å²) in [6.07, 6.45) is 3.99. The average molecular weight is 405 g/mol. The molecule has 0 aliphatic rings. The fraction of sp³-hybridized carbons (Fsp3) is 0.286. The SMILES string of the molecule is CCc1c(C)nc2cc(-c3cc(C)on3)nn2c1NCCNC(=O)c1cccnc1. The van der Waals surface area contributed by atoms with Crippen LogP contribution in [0.25, 0.3) is 17.0 Å². The van der Waals surface area contributed by atoms with Gasteiger partial charge in [0.25, 0.3) is 5.91 Å². The van der Waals surface area contributed by atoms with Crippen molar-refractivity contribution < 1.29 is 9.32 Å². The molecule has 30 heavy (non-hydrogen) atoms. The predicted molar refractivity (Wildman–Crippen MR) is 112 cm³/mol. The molecule has 4 aromatic heterocycles. The summed E-state index contributed by atoms with van der Waals surface area (Å²) in [5, 5.41) is 15.0. The number of pyridine rings is 1. The van der Waals surface area contributed by atoms with Gasteiger partial charge in [0.05, 0.1) is 5.56 Å². The highest BCUT2D eigenvalue weighted by Crippen LogP contribution is 2.25. The summed E-state index contributed by atoms with van der Waals surface area (Å²) in [6, 6.07) is 7.20. The largest absolute Gasteiger partial charge is 0.368 e. The van der Waals surface area contributed by atoms with Crippen molar-refractivity contribution >= 4 is 17.4 Å². The molecule has 0 spiro atoms. The van der Waals surface area contributed by atoms with Crippen LogP contribution in [0.2, 0.25) is 0 Å². The van der Waals surface area contributed by atoms with Gasteiger partial charge < -0.3 is 15.2 Å². The van der Waals surface area contributed by atoms with E-state index < -0.39 is 0 Å². The highest BCUT2D eigenvalue weighted by Gasteiger charge is 2.16. The number of carbonyl (C=O) groups excluding carboxylic acids is 1. The second-order valence-corrected chi connectivity index (χ2v) is 6.92. The zero-order chi connectivity index (χ0) is 21.1. The van der Waals surface area contributed by atoms with Gasteiger partial charge in [-0.3, -0.25) is 9.78 Å². The monoisotopic (exact) mass is 405 g/mol. The van der Waals surface area contributed by atoms with Crippen molar-refractivity contribution in [2.45, 2.75) is 27.2 Å². The van der Waals surface area contributed by atoms with E-state index in [9.17, 15) is 4.79 Å². The van der Waals surface area contributed by atoms with E-state index in [0.717, 1.165) is 34.9 Å². The highest BCUT2D eigenvalue weighted by molar-refractivity contribution is 5.93. The zero-order valence-electron chi connectivity index (χ0n) is 17.1. The first-order chi connectivity index (χ1) is 14.6. The van der Waals surface area contributed by atoms with Gasteiger partial charge in [-0.05, 0) is 32.4 Å². The molecule has 2 N–H and O–H groups in total. The van der Waals surface area contributed by atoms with Crippen molar-refractivity contribution in [3.63, 3.8) is 0 Å². The number of anilines is 1. The molecule has 4 aromatic rings. The van der Waals surface area contributed by atoms with E-state index in [-0.39, 0.29) is 5.91 Å². The minimum atomic E-state index is -0.153. The molecule has 4 heterocycles. The number of hydrogen-bond donors (Lipinski definition) is 2. The highest BCUT2D eigenvalue weighted by atomic mass is 16.5. The Labute approximate surface area is 173 Å². The second-order valence-electron chi connectivity index (χ2n) is 6.92. The van der Waals surface area contributed by atoms with Gasteiger partial charge in [0.2, 0.25) is 0 Å². The van der Waals surface area contributed by atoms with Crippen molar-refractivity contribution in [1.82, 2.24) is 30.1 Å². The summed E-state index contributed by atoms with van der Waals surface area (Å²) in [7, 11) is 0. The van der Waals surface area contributed by atoms with E-state index >= 15 is 0 Å². The Morgan fingerprint density at radius 1 is 1.20 bits per heavy atom. The van der Waals surface area contributed by atoms with Gasteiger partial charge in [-0.15, -0.1) is 0 Å². The molecule has 0 aliphatic heterocycles. The quantitative estimate of drug-likeness (QED) is 0.455. The Hall–Kier alpha value is -3.75. The van der Waals surface area contributed by atoms with Crippen LogP contribution in [0.15, 0.2) is 41.2 Å². The first kappa shape index (κ1) is 19.6. The lowest BCUT2D eigenvalue weighted by Gasteiger charge is -2.15. The van der Waals surface area contributed by atoms with Crippen molar-refractivity contribution in [3.8, 4) is 11.4 Å². The molecular weight excluding hydrogens is 382 g/mol. The molecule has 0 fully saturated rings. The molecule has 9 heteroatoms. The number of rotatable bonds is 7. The van der Waals surface area contributed by atoms with Crippen molar-refractivity contribution in [3.05, 3.63) is 59.2 Å². The predicted octanol–water partition coefficient (Wildman–Crippen LogP) is 2.80. The maximum atomic E-state index is 12.2. The average Bonchev–Trinajstić information content (AvgIpc) is 3.37. The van der Waals surface area contributed by atoms with Gasteiger partial charge >= 0.3 is 0 Å². The molecule has 0 aromatic carbocycles. The van der Waals surface area contributed by atoms with Crippen molar-refractivity contribution in [2.75, 3.05) is 18.4 Å². The van der Waals surface area contributed by atoms with Crippen LogP contribution < -0.4 is 10.6 Å². The van der Waals surface area contributed by atoms with Crippen LogP contribution in [-0.4, -0.2) is 43.7 Å². The Kier molecular flexibility index (Phi) is 5.42. The van der Waals surface area contributed by atoms with Gasteiger partial charge in [0, 0.05) is 48.9 Å². The van der Waals surface area contributed by atoms with Crippen molar-refractivity contribution in [1.29, 1.82) is 0 Å². The lowest BCUT2D eigenvalue weighted by molar-refractivity contribution is 0.0955. The Bertz CT molecular complexity index is 1180. The molecule has 1 amide bonds. The Morgan fingerprint density at radius 2 is 2.07 bits per heavy atom. The number of fused-ring (bicyclic) bond motifs is 1. The molecule has 9 nitrogen and oxygen atoms in total. The summed E-state index contributed by atoms with van der Waals surface area (Å²) in [4.78, 5) is 20.8. The van der Waals surface area contributed by atoms with Gasteiger partial charge in [-0.2, -0.15) is 9.61 Å². The molecule has 154 valence electrons. The van der Waals surface area contributed by atoms with E-state index in [4.69, 9.17) is 4.52 Å². The lowest BCUT2D eigenvalue weighted by Crippen LogP contribution is -2.29. The van der Waals surface area contributed by atoms with E-state index in [1.165, 1.54) is 0 Å². The molecule has 0 radical (unpaired) electrons. The number of amides is 1. The second kappa shape index (κ2) is 8.32. The lowest BCUT2D eigenvalue weighted by atomic mass is 10.1. The molecule has 0 bridgehead atoms. The fourth-order valence-corrected chi connectivity index (χ4v) is 3.33. The molecule has 0 unspecified atom stereocenters. The smallest absolute Gasteiger partial charge is 0.252 e. The first-order valence-electron chi connectivity index (χ1n) is 9.82. The topological polar surface area (TPSA) is 110 Å². The summed E-state index contributed by atoms with van der Waals surface area (Å²) < 4.78 is 6.96. The normalized spacial score (nSPS) is 11.0. The van der Waals surface area contributed by atoms with Gasteiger partial charge in [-0.25, -0.2) is 4.98 Å². The van der Waals surface area contributed by atoms with Crippen LogP contribution in [0.5, 0.6) is 0 Å². The number of carbonyl (C=O) groups is 1. The Balaban J connectivity index is 1.54. The van der Waals surface area contributed by atoms with E-state index in [2.05, 4.69) is 37.8 Å². The van der Waals surface area contributed by atoms with Crippen LogP contribution in [0.3, 0.4) is 0 Å². The number of nitrogens with one attached hydrogen (secondary N) is 2. The third-order valence-electron chi connectivity index (χ3n) is 4.78. The molecule has 4 rings (SSSR count).